The van der Waals surface area contributed by atoms with Gasteiger partial charge < -0.3 is 19.5 Å². The molecule has 1 saturated heterocycles. The second kappa shape index (κ2) is 5.99. The van der Waals surface area contributed by atoms with Crippen molar-refractivity contribution in [2.75, 3.05) is 40.6 Å². The summed E-state index contributed by atoms with van der Waals surface area (Å²) >= 11 is 0. The predicted octanol–water partition coefficient (Wildman–Crippen LogP) is 0.581. The van der Waals surface area contributed by atoms with Crippen LogP contribution in [0.1, 0.15) is 19.3 Å². The van der Waals surface area contributed by atoms with Crippen molar-refractivity contribution in [3.8, 4) is 0 Å². The highest BCUT2D eigenvalue weighted by atomic mass is 16.5. The molecule has 5 heteroatoms. The van der Waals surface area contributed by atoms with Gasteiger partial charge in [-0.05, 0) is 32.2 Å². The summed E-state index contributed by atoms with van der Waals surface area (Å²) in [4.78, 5) is 12.0. The van der Waals surface area contributed by atoms with Crippen molar-refractivity contribution in [2.24, 2.45) is 11.8 Å². The van der Waals surface area contributed by atoms with Gasteiger partial charge in [-0.3, -0.25) is 0 Å². The second-order valence-corrected chi connectivity index (χ2v) is 5.23. The van der Waals surface area contributed by atoms with E-state index in [1.165, 1.54) is 7.11 Å². The van der Waals surface area contributed by atoms with Crippen LogP contribution in [0.2, 0.25) is 0 Å². The molecule has 2 rings (SSSR count). The average Bonchev–Trinajstić information content (AvgIpc) is 3.12. The van der Waals surface area contributed by atoms with E-state index in [0.717, 1.165) is 32.5 Å². The van der Waals surface area contributed by atoms with E-state index in [1.54, 1.807) is 7.05 Å². The van der Waals surface area contributed by atoms with Gasteiger partial charge in [0.25, 0.3) is 0 Å². The number of ether oxygens (including phenoxy) is 3. The Morgan fingerprint density at radius 3 is 2.72 bits per heavy atom. The molecule has 1 aliphatic carbocycles. The lowest BCUT2D eigenvalue weighted by Gasteiger charge is -2.30. The average molecular weight is 257 g/mol. The van der Waals surface area contributed by atoms with Crippen molar-refractivity contribution < 1.29 is 19.0 Å². The zero-order valence-corrected chi connectivity index (χ0v) is 11.2. The first-order valence-electron chi connectivity index (χ1n) is 6.65. The fraction of sp³-hybridized carbons (Fsp3) is 0.923. The summed E-state index contributed by atoms with van der Waals surface area (Å²) in [5.74, 6) is 0.598. The van der Waals surface area contributed by atoms with Crippen molar-refractivity contribution in [3.05, 3.63) is 0 Å². The number of esters is 1. The molecule has 2 aliphatic rings. The van der Waals surface area contributed by atoms with Crippen LogP contribution in [0.5, 0.6) is 0 Å². The zero-order valence-electron chi connectivity index (χ0n) is 11.2. The molecule has 1 saturated carbocycles. The quantitative estimate of drug-likeness (QED) is 0.676. The molecule has 0 spiro atoms. The molecule has 5 nitrogen and oxygen atoms in total. The SMILES string of the molecule is CNC(COCC1CCOC1)(C(=O)OC)C1CC1. The van der Waals surface area contributed by atoms with E-state index < -0.39 is 5.54 Å². The molecule has 0 amide bonds. The molecule has 104 valence electrons. The summed E-state index contributed by atoms with van der Waals surface area (Å²) in [6.07, 6.45) is 3.17. The predicted molar refractivity (Wildman–Crippen MR) is 66.3 cm³/mol. The monoisotopic (exact) mass is 257 g/mol. The molecule has 2 fully saturated rings. The van der Waals surface area contributed by atoms with Gasteiger partial charge in [-0.1, -0.05) is 0 Å². The van der Waals surface area contributed by atoms with Gasteiger partial charge in [0.1, 0.15) is 5.54 Å². The van der Waals surface area contributed by atoms with Crippen LogP contribution in [0.4, 0.5) is 0 Å². The first kappa shape index (κ1) is 13.8. The molecular weight excluding hydrogens is 234 g/mol. The van der Waals surface area contributed by atoms with E-state index in [2.05, 4.69) is 5.32 Å². The van der Waals surface area contributed by atoms with Crippen molar-refractivity contribution in [3.63, 3.8) is 0 Å². The summed E-state index contributed by atoms with van der Waals surface area (Å²) in [6, 6.07) is 0. The number of hydrogen-bond donors (Lipinski definition) is 1. The van der Waals surface area contributed by atoms with Crippen LogP contribution in [0.25, 0.3) is 0 Å². The van der Waals surface area contributed by atoms with Crippen molar-refractivity contribution in [1.29, 1.82) is 0 Å². The molecular formula is C13H23NO4. The summed E-state index contributed by atoms with van der Waals surface area (Å²) < 4.78 is 16.0. The normalized spacial score (nSPS) is 26.9. The Balaban J connectivity index is 1.86. The largest absolute Gasteiger partial charge is 0.468 e. The number of likely N-dealkylation sites (N-methyl/N-ethyl adjacent to an activating group) is 1. The lowest BCUT2D eigenvalue weighted by molar-refractivity contribution is -0.153. The highest BCUT2D eigenvalue weighted by Gasteiger charge is 2.51. The van der Waals surface area contributed by atoms with Crippen molar-refractivity contribution >= 4 is 5.97 Å². The van der Waals surface area contributed by atoms with Crippen LogP contribution in [-0.2, 0) is 19.0 Å². The van der Waals surface area contributed by atoms with Crippen molar-refractivity contribution in [2.45, 2.75) is 24.8 Å². The fourth-order valence-corrected chi connectivity index (χ4v) is 2.58. The molecule has 18 heavy (non-hydrogen) atoms. The van der Waals surface area contributed by atoms with Gasteiger partial charge in [0, 0.05) is 12.5 Å². The fourth-order valence-electron chi connectivity index (χ4n) is 2.58. The second-order valence-electron chi connectivity index (χ2n) is 5.23. The van der Waals surface area contributed by atoms with E-state index in [0.29, 0.717) is 25.0 Å². The van der Waals surface area contributed by atoms with Crippen LogP contribution in [0, 0.1) is 11.8 Å². The third-order valence-corrected chi connectivity index (χ3v) is 3.98. The minimum Gasteiger partial charge on any atom is -0.468 e. The molecule has 0 aromatic rings. The first-order chi connectivity index (χ1) is 8.73. The number of rotatable bonds is 7. The van der Waals surface area contributed by atoms with E-state index in [-0.39, 0.29) is 5.97 Å². The highest BCUT2D eigenvalue weighted by molar-refractivity contribution is 5.82. The molecule has 0 aromatic heterocycles. The Morgan fingerprint density at radius 2 is 2.22 bits per heavy atom. The maximum atomic E-state index is 12.0. The van der Waals surface area contributed by atoms with Crippen LogP contribution in [-0.4, -0.2) is 52.1 Å². The van der Waals surface area contributed by atoms with Gasteiger partial charge in [-0.15, -0.1) is 0 Å². The number of methoxy groups -OCH3 is 1. The molecule has 1 N–H and O–H groups in total. The summed E-state index contributed by atoms with van der Waals surface area (Å²) in [6.45, 7) is 2.64. The van der Waals surface area contributed by atoms with Gasteiger partial charge in [0.2, 0.25) is 0 Å². The minimum atomic E-state index is -0.659. The van der Waals surface area contributed by atoms with Gasteiger partial charge in [0.15, 0.2) is 0 Å². The van der Waals surface area contributed by atoms with E-state index in [1.807, 2.05) is 0 Å². The molecule has 0 bridgehead atoms. The zero-order chi connectivity index (χ0) is 13.0. The van der Waals surface area contributed by atoms with Crippen LogP contribution in [0.15, 0.2) is 0 Å². The molecule has 0 aromatic carbocycles. The molecule has 0 radical (unpaired) electrons. The Hall–Kier alpha value is -0.650. The van der Waals surface area contributed by atoms with E-state index in [9.17, 15) is 4.79 Å². The third-order valence-electron chi connectivity index (χ3n) is 3.98. The number of nitrogens with one attached hydrogen (secondary N) is 1. The Morgan fingerprint density at radius 1 is 1.44 bits per heavy atom. The molecule has 2 unspecified atom stereocenters. The Labute approximate surface area is 108 Å². The number of hydrogen-bond acceptors (Lipinski definition) is 5. The Kier molecular flexibility index (Phi) is 4.59. The maximum Gasteiger partial charge on any atom is 0.328 e. The van der Waals surface area contributed by atoms with Crippen LogP contribution >= 0.6 is 0 Å². The Bertz CT molecular complexity index is 287. The number of carbonyl (C=O) groups is 1. The van der Waals surface area contributed by atoms with Crippen LogP contribution in [0.3, 0.4) is 0 Å². The minimum absolute atomic E-state index is 0.213. The van der Waals surface area contributed by atoms with E-state index >= 15 is 0 Å². The van der Waals surface area contributed by atoms with Gasteiger partial charge in [0.05, 0.1) is 26.9 Å². The summed E-state index contributed by atoms with van der Waals surface area (Å²) in [5, 5.41) is 3.12. The molecule has 1 heterocycles. The number of carbonyl (C=O) groups excluding carboxylic acids is 1. The van der Waals surface area contributed by atoms with Gasteiger partial charge >= 0.3 is 5.97 Å². The summed E-state index contributed by atoms with van der Waals surface area (Å²) in [5.41, 5.74) is -0.659. The van der Waals surface area contributed by atoms with Gasteiger partial charge in [-0.2, -0.15) is 0 Å². The maximum absolute atomic E-state index is 12.0. The molecule has 2 atom stereocenters. The van der Waals surface area contributed by atoms with Crippen molar-refractivity contribution in [1.82, 2.24) is 5.32 Å². The lowest BCUT2D eigenvalue weighted by atomic mass is 9.94. The van der Waals surface area contributed by atoms with Crippen LogP contribution < -0.4 is 5.32 Å². The molecule has 1 aliphatic heterocycles. The first-order valence-corrected chi connectivity index (χ1v) is 6.65. The third kappa shape index (κ3) is 2.84. The van der Waals surface area contributed by atoms with Gasteiger partial charge in [-0.25, -0.2) is 4.79 Å². The highest BCUT2D eigenvalue weighted by Crippen LogP contribution is 2.40. The van der Waals surface area contributed by atoms with E-state index in [4.69, 9.17) is 14.2 Å². The smallest absolute Gasteiger partial charge is 0.328 e. The standard InChI is InChI=1S/C13H23NO4/c1-14-13(11-3-4-11,12(15)16-2)9-18-8-10-5-6-17-7-10/h10-11,14H,3-9H2,1-2H3. The summed E-state index contributed by atoms with van der Waals surface area (Å²) in [7, 11) is 3.24. The topological polar surface area (TPSA) is 56.8 Å². The lowest BCUT2D eigenvalue weighted by Crippen LogP contribution is -2.56.